The van der Waals surface area contributed by atoms with Gasteiger partial charge in [0.15, 0.2) is 0 Å². The molecule has 0 heterocycles. The van der Waals surface area contributed by atoms with Crippen LogP contribution in [0, 0.1) is 0 Å². The molecule has 0 aliphatic rings. The fraction of sp³-hybridized carbons (Fsp3) is 0. The van der Waals surface area contributed by atoms with Crippen LogP contribution >= 0.6 is 31.9 Å². The first-order chi connectivity index (χ1) is 3.79. The Balaban J connectivity index is 3.03. The van der Waals surface area contributed by atoms with Gasteiger partial charge in [-0.05, 0) is 24.3 Å². The van der Waals surface area contributed by atoms with Crippen molar-refractivity contribution in [1.82, 2.24) is 0 Å². The fourth-order valence-electron chi connectivity index (χ4n) is 0.430. The van der Waals surface area contributed by atoms with Crippen molar-refractivity contribution in [3.8, 4) is 0 Å². The predicted octanol–water partition coefficient (Wildman–Crippen LogP) is 3.21. The maximum absolute atomic E-state index is 3.32. The molecule has 0 fully saturated rings. The summed E-state index contributed by atoms with van der Waals surface area (Å²) in [5.74, 6) is 0. The average molecular weight is 238 g/mol. The lowest BCUT2D eigenvalue weighted by Crippen LogP contribution is -1.61. The van der Waals surface area contributed by atoms with E-state index in [1.165, 1.54) is 0 Å². The molecule has 0 saturated carbocycles. The summed E-state index contributed by atoms with van der Waals surface area (Å²) in [5, 5.41) is 0. The number of hydrogen-bond acceptors (Lipinski definition) is 0. The summed E-state index contributed by atoms with van der Waals surface area (Å²) in [4.78, 5) is 0. The summed E-state index contributed by atoms with van der Waals surface area (Å²) in [6, 6.07) is 7.96. The summed E-state index contributed by atoms with van der Waals surface area (Å²) in [6.07, 6.45) is 0. The molecule has 0 spiro atoms. The largest absolute Gasteiger partial charge is 0.0508 e. The first-order valence-electron chi connectivity index (χ1n) is 2.20. The Morgan fingerprint density at radius 3 is 2.12 bits per heavy atom. The van der Waals surface area contributed by atoms with Crippen LogP contribution in [0.15, 0.2) is 33.2 Å². The third-order valence-electron chi connectivity index (χ3n) is 0.804. The SMILES string of the molecule is Brc1cc[14c](Br)cc1. The first kappa shape index (κ1) is 6.30. The molecule has 42 valence electrons. The van der Waals surface area contributed by atoms with Crippen molar-refractivity contribution in [3.05, 3.63) is 33.2 Å². The van der Waals surface area contributed by atoms with Crippen LogP contribution in [-0.2, 0) is 0 Å². The van der Waals surface area contributed by atoms with Gasteiger partial charge in [-0.15, -0.1) is 0 Å². The highest BCUT2D eigenvalue weighted by Crippen LogP contribution is 2.13. The van der Waals surface area contributed by atoms with Gasteiger partial charge in [0.1, 0.15) is 0 Å². The van der Waals surface area contributed by atoms with Gasteiger partial charge in [-0.2, -0.15) is 0 Å². The van der Waals surface area contributed by atoms with Gasteiger partial charge < -0.3 is 0 Å². The van der Waals surface area contributed by atoms with Gasteiger partial charge in [0.25, 0.3) is 0 Å². The van der Waals surface area contributed by atoms with E-state index in [1.807, 2.05) is 24.3 Å². The zero-order valence-corrected chi connectivity index (χ0v) is 7.24. The zero-order chi connectivity index (χ0) is 5.98. The molecule has 1 aromatic rings. The van der Waals surface area contributed by atoms with Gasteiger partial charge in [0, 0.05) is 8.95 Å². The lowest BCUT2D eigenvalue weighted by atomic mass is 10.5. The summed E-state index contributed by atoms with van der Waals surface area (Å²) in [5.41, 5.74) is 0. The number of benzene rings is 1. The molecule has 0 unspecified atom stereocenters. The van der Waals surface area contributed by atoms with Crippen LogP contribution < -0.4 is 0 Å². The van der Waals surface area contributed by atoms with Crippen LogP contribution in [-0.4, -0.2) is 0 Å². The van der Waals surface area contributed by atoms with Crippen molar-refractivity contribution in [2.75, 3.05) is 0 Å². The highest BCUT2D eigenvalue weighted by molar-refractivity contribution is 9.11. The third-order valence-corrected chi connectivity index (χ3v) is 1.86. The molecular weight excluding hydrogens is 234 g/mol. The maximum atomic E-state index is 3.32. The first-order valence-corrected chi connectivity index (χ1v) is 3.79. The summed E-state index contributed by atoms with van der Waals surface area (Å²) >= 11 is 6.65. The minimum Gasteiger partial charge on any atom is -0.0508 e. The number of rotatable bonds is 0. The van der Waals surface area contributed by atoms with Gasteiger partial charge >= 0.3 is 0 Å². The van der Waals surface area contributed by atoms with Crippen LogP contribution in [0.3, 0.4) is 0 Å². The molecule has 0 aromatic heterocycles. The number of halogens is 2. The second-order valence-electron chi connectivity index (χ2n) is 1.44. The molecule has 0 bridgehead atoms. The Morgan fingerprint density at radius 1 is 1.25 bits per heavy atom. The normalized spacial score (nSPS) is 9.25. The molecule has 0 radical (unpaired) electrons. The summed E-state index contributed by atoms with van der Waals surface area (Å²) < 4.78 is 2.22. The smallest absolute Gasteiger partial charge is 0.0176 e. The van der Waals surface area contributed by atoms with E-state index in [9.17, 15) is 0 Å². The Hall–Kier alpha value is 0.180. The number of hydrogen-bond donors (Lipinski definition) is 0. The van der Waals surface area contributed by atoms with E-state index in [4.69, 9.17) is 0 Å². The second-order valence-corrected chi connectivity index (χ2v) is 3.27. The van der Waals surface area contributed by atoms with Crippen molar-refractivity contribution in [3.63, 3.8) is 0 Å². The van der Waals surface area contributed by atoms with Crippen molar-refractivity contribution in [2.24, 2.45) is 0 Å². The minimum absolute atomic E-state index is 1.11. The summed E-state index contributed by atoms with van der Waals surface area (Å²) in [7, 11) is 0. The molecule has 0 amide bonds. The molecule has 0 atom stereocenters. The maximum Gasteiger partial charge on any atom is 0.0176 e. The monoisotopic (exact) mass is 236 g/mol. The summed E-state index contributed by atoms with van der Waals surface area (Å²) in [6.45, 7) is 0. The highest BCUT2D eigenvalue weighted by atomic mass is 79.9. The van der Waals surface area contributed by atoms with Crippen LogP contribution in [0.1, 0.15) is 0 Å². The minimum atomic E-state index is 1.11. The molecule has 1 aromatic carbocycles. The molecule has 0 nitrogen and oxygen atoms in total. The molecule has 8 heavy (non-hydrogen) atoms. The van der Waals surface area contributed by atoms with Gasteiger partial charge in [-0.1, -0.05) is 31.9 Å². The van der Waals surface area contributed by atoms with Gasteiger partial charge in [-0.25, -0.2) is 0 Å². The predicted molar refractivity (Wildman–Crippen MR) is 41.8 cm³/mol. The Morgan fingerprint density at radius 2 is 1.75 bits per heavy atom. The van der Waals surface area contributed by atoms with E-state index in [-0.39, 0.29) is 0 Å². The second kappa shape index (κ2) is 2.65. The van der Waals surface area contributed by atoms with Crippen LogP contribution in [0.2, 0.25) is 0 Å². The van der Waals surface area contributed by atoms with Crippen molar-refractivity contribution >= 4 is 31.9 Å². The standard InChI is InChI=1S/C6H4Br2/c7-5-1-2-6(8)4-3-5/h1-4H/i5+2. The topological polar surface area (TPSA) is 0 Å². The van der Waals surface area contributed by atoms with E-state index >= 15 is 0 Å². The lowest BCUT2D eigenvalue weighted by Gasteiger charge is -1.86. The zero-order valence-electron chi connectivity index (χ0n) is 4.07. The van der Waals surface area contributed by atoms with Crippen molar-refractivity contribution < 1.29 is 0 Å². The van der Waals surface area contributed by atoms with E-state index < -0.39 is 0 Å². The Bertz CT molecular complexity index is 145. The van der Waals surface area contributed by atoms with Gasteiger partial charge in [0.05, 0.1) is 0 Å². The quantitative estimate of drug-likeness (QED) is 0.650. The molecule has 0 aliphatic heterocycles. The van der Waals surface area contributed by atoms with Crippen LogP contribution in [0.25, 0.3) is 0 Å². The van der Waals surface area contributed by atoms with E-state index in [1.54, 1.807) is 0 Å². The molecule has 0 saturated heterocycles. The van der Waals surface area contributed by atoms with E-state index in [0.29, 0.717) is 0 Å². The highest BCUT2D eigenvalue weighted by Gasteiger charge is 1.83. The van der Waals surface area contributed by atoms with Crippen molar-refractivity contribution in [1.29, 1.82) is 0 Å². The molecule has 2 heteroatoms. The van der Waals surface area contributed by atoms with Gasteiger partial charge in [-0.3, -0.25) is 0 Å². The van der Waals surface area contributed by atoms with Crippen molar-refractivity contribution in [2.45, 2.75) is 0 Å². The third kappa shape index (κ3) is 1.60. The Labute approximate surface area is 65.2 Å². The lowest BCUT2D eigenvalue weighted by molar-refractivity contribution is 1.61. The fourth-order valence-corrected chi connectivity index (χ4v) is 0.958. The molecule has 1 rings (SSSR count). The molecule has 0 N–H and O–H groups in total. The molecular formula is C6H4Br2. The average Bonchev–Trinajstić information content (AvgIpc) is 1.77. The molecule has 0 aliphatic carbocycles. The van der Waals surface area contributed by atoms with E-state index in [2.05, 4.69) is 31.9 Å². The van der Waals surface area contributed by atoms with Gasteiger partial charge in [0.2, 0.25) is 0 Å². The van der Waals surface area contributed by atoms with E-state index in [0.717, 1.165) is 8.95 Å². The van der Waals surface area contributed by atoms with Crippen LogP contribution in [0.4, 0.5) is 0 Å². The van der Waals surface area contributed by atoms with Crippen LogP contribution in [0.5, 0.6) is 0 Å². The Kier molecular flexibility index (Phi) is 2.08.